The predicted molar refractivity (Wildman–Crippen MR) is 94.0 cm³/mol. The molecule has 0 saturated carbocycles. The SMILES string of the molecule is C=C/C(=C\C=C(/C)CC(=O)O)Nc1nc2ccccc2n2nnnc12. The van der Waals surface area contributed by atoms with Crippen LogP contribution in [0.2, 0.25) is 0 Å². The molecule has 0 unspecified atom stereocenters. The molecule has 8 heteroatoms. The van der Waals surface area contributed by atoms with E-state index in [4.69, 9.17) is 5.11 Å². The van der Waals surface area contributed by atoms with Crippen molar-refractivity contribution in [2.45, 2.75) is 13.3 Å². The quantitative estimate of drug-likeness (QED) is 0.666. The molecule has 0 atom stereocenters. The average Bonchev–Trinajstić information content (AvgIpc) is 3.08. The highest BCUT2D eigenvalue weighted by Gasteiger charge is 2.11. The van der Waals surface area contributed by atoms with Crippen LogP contribution in [-0.2, 0) is 4.79 Å². The lowest BCUT2D eigenvalue weighted by Crippen LogP contribution is -2.04. The van der Waals surface area contributed by atoms with Gasteiger partial charge in [-0.1, -0.05) is 30.4 Å². The molecule has 3 aromatic rings. The molecule has 2 heterocycles. The van der Waals surface area contributed by atoms with E-state index in [0.717, 1.165) is 16.6 Å². The second kappa shape index (κ2) is 6.91. The van der Waals surface area contributed by atoms with E-state index in [-0.39, 0.29) is 6.42 Å². The van der Waals surface area contributed by atoms with Crippen LogP contribution in [0.4, 0.5) is 5.82 Å². The molecule has 0 spiro atoms. The zero-order valence-electron chi connectivity index (χ0n) is 13.5. The molecular formula is C17H16N6O2. The van der Waals surface area contributed by atoms with Crippen molar-refractivity contribution >= 4 is 28.5 Å². The van der Waals surface area contributed by atoms with Crippen molar-refractivity contribution in [2.75, 3.05) is 5.32 Å². The Morgan fingerprint density at radius 1 is 1.36 bits per heavy atom. The number of carbonyl (C=O) groups is 1. The van der Waals surface area contributed by atoms with Crippen LogP contribution in [-0.4, -0.2) is 36.1 Å². The van der Waals surface area contributed by atoms with E-state index < -0.39 is 5.97 Å². The topological polar surface area (TPSA) is 105 Å². The van der Waals surface area contributed by atoms with Gasteiger partial charge in [-0.3, -0.25) is 4.79 Å². The van der Waals surface area contributed by atoms with Crippen LogP contribution < -0.4 is 5.32 Å². The Morgan fingerprint density at radius 2 is 2.16 bits per heavy atom. The summed E-state index contributed by atoms with van der Waals surface area (Å²) < 4.78 is 1.61. The number of aliphatic carboxylic acids is 1. The summed E-state index contributed by atoms with van der Waals surface area (Å²) in [6, 6.07) is 7.54. The Labute approximate surface area is 143 Å². The van der Waals surface area contributed by atoms with Gasteiger partial charge in [-0.15, -0.1) is 5.10 Å². The number of aromatic nitrogens is 5. The largest absolute Gasteiger partial charge is 0.481 e. The van der Waals surface area contributed by atoms with Crippen molar-refractivity contribution < 1.29 is 9.90 Å². The highest BCUT2D eigenvalue weighted by Crippen LogP contribution is 2.20. The molecule has 0 amide bonds. The highest BCUT2D eigenvalue weighted by molar-refractivity contribution is 5.82. The third kappa shape index (κ3) is 3.52. The summed E-state index contributed by atoms with van der Waals surface area (Å²) in [5.74, 6) is -0.387. The summed E-state index contributed by atoms with van der Waals surface area (Å²) in [4.78, 5) is 15.3. The van der Waals surface area contributed by atoms with Gasteiger partial charge in [0.25, 0.3) is 0 Å². The number of fused-ring (bicyclic) bond motifs is 3. The first kappa shape index (κ1) is 16.3. The molecule has 8 nitrogen and oxygen atoms in total. The van der Waals surface area contributed by atoms with Crippen molar-refractivity contribution in [1.29, 1.82) is 0 Å². The van der Waals surface area contributed by atoms with E-state index in [2.05, 4.69) is 32.4 Å². The van der Waals surface area contributed by atoms with Crippen LogP contribution in [0.5, 0.6) is 0 Å². The summed E-state index contributed by atoms with van der Waals surface area (Å²) >= 11 is 0. The number of anilines is 1. The minimum Gasteiger partial charge on any atom is -0.481 e. The second-order valence-corrected chi connectivity index (χ2v) is 5.40. The molecule has 3 rings (SSSR count). The Kier molecular flexibility index (Phi) is 4.51. The van der Waals surface area contributed by atoms with Gasteiger partial charge in [-0.25, -0.2) is 4.98 Å². The molecule has 0 aliphatic rings. The van der Waals surface area contributed by atoms with Crippen molar-refractivity contribution in [3.63, 3.8) is 0 Å². The van der Waals surface area contributed by atoms with Gasteiger partial charge in [0.2, 0.25) is 5.65 Å². The lowest BCUT2D eigenvalue weighted by molar-refractivity contribution is -0.136. The highest BCUT2D eigenvalue weighted by atomic mass is 16.4. The fourth-order valence-electron chi connectivity index (χ4n) is 2.32. The molecule has 2 aromatic heterocycles. The Hall–Kier alpha value is -3.55. The van der Waals surface area contributed by atoms with Gasteiger partial charge < -0.3 is 10.4 Å². The van der Waals surface area contributed by atoms with Gasteiger partial charge in [-0.05, 0) is 41.6 Å². The minimum atomic E-state index is -0.872. The Morgan fingerprint density at radius 3 is 2.92 bits per heavy atom. The zero-order valence-corrected chi connectivity index (χ0v) is 13.5. The number of nitrogens with zero attached hydrogens (tertiary/aromatic N) is 5. The molecule has 0 aliphatic carbocycles. The summed E-state index contributed by atoms with van der Waals surface area (Å²) in [7, 11) is 0. The summed E-state index contributed by atoms with van der Waals surface area (Å²) in [6.07, 6.45) is 5.05. The molecule has 0 aliphatic heterocycles. The average molecular weight is 336 g/mol. The number of allylic oxidation sites excluding steroid dienone is 3. The van der Waals surface area contributed by atoms with Crippen molar-refractivity contribution in [2.24, 2.45) is 0 Å². The fraction of sp³-hybridized carbons (Fsp3) is 0.118. The number of carboxylic acid groups (broad SMARTS) is 1. The van der Waals surface area contributed by atoms with Crippen LogP contribution in [0.25, 0.3) is 16.7 Å². The monoisotopic (exact) mass is 336 g/mol. The number of carboxylic acids is 1. The molecular weight excluding hydrogens is 320 g/mol. The normalized spacial score (nSPS) is 12.5. The van der Waals surface area contributed by atoms with E-state index >= 15 is 0 Å². The van der Waals surface area contributed by atoms with Gasteiger partial charge >= 0.3 is 5.97 Å². The maximum Gasteiger partial charge on any atom is 0.307 e. The number of tetrazole rings is 1. The van der Waals surface area contributed by atoms with Gasteiger partial charge in [-0.2, -0.15) is 4.52 Å². The van der Waals surface area contributed by atoms with Crippen molar-refractivity contribution in [3.8, 4) is 0 Å². The lowest BCUT2D eigenvalue weighted by Gasteiger charge is -2.08. The van der Waals surface area contributed by atoms with E-state index in [1.54, 1.807) is 29.7 Å². The van der Waals surface area contributed by atoms with Gasteiger partial charge in [0, 0.05) is 5.70 Å². The smallest absolute Gasteiger partial charge is 0.307 e. The van der Waals surface area contributed by atoms with Crippen LogP contribution in [0, 0.1) is 0 Å². The second-order valence-electron chi connectivity index (χ2n) is 5.40. The molecule has 0 bridgehead atoms. The van der Waals surface area contributed by atoms with E-state index in [0.29, 0.717) is 17.2 Å². The number of hydrogen-bond donors (Lipinski definition) is 2. The number of para-hydroxylation sites is 2. The van der Waals surface area contributed by atoms with Crippen LogP contribution in [0.3, 0.4) is 0 Å². The number of hydrogen-bond acceptors (Lipinski definition) is 6. The van der Waals surface area contributed by atoms with E-state index in [1.165, 1.54) is 0 Å². The van der Waals surface area contributed by atoms with Gasteiger partial charge in [0.05, 0.1) is 17.5 Å². The third-order valence-electron chi connectivity index (χ3n) is 3.48. The first-order valence-electron chi connectivity index (χ1n) is 7.54. The lowest BCUT2D eigenvalue weighted by atomic mass is 10.2. The Balaban J connectivity index is 1.99. The fourth-order valence-corrected chi connectivity index (χ4v) is 2.32. The number of rotatable bonds is 6. The summed E-state index contributed by atoms with van der Waals surface area (Å²) in [6.45, 7) is 5.51. The molecule has 126 valence electrons. The number of nitrogens with one attached hydrogen (secondary N) is 1. The van der Waals surface area contributed by atoms with E-state index in [1.807, 2.05) is 24.3 Å². The van der Waals surface area contributed by atoms with Gasteiger partial charge in [0.1, 0.15) is 0 Å². The summed E-state index contributed by atoms with van der Waals surface area (Å²) in [5.41, 5.74) is 3.39. The van der Waals surface area contributed by atoms with Crippen LogP contribution >= 0.6 is 0 Å². The van der Waals surface area contributed by atoms with E-state index in [9.17, 15) is 4.79 Å². The maximum atomic E-state index is 10.7. The van der Waals surface area contributed by atoms with Crippen molar-refractivity contribution in [1.82, 2.24) is 25.0 Å². The first-order valence-corrected chi connectivity index (χ1v) is 7.54. The van der Waals surface area contributed by atoms with Gasteiger partial charge in [0.15, 0.2) is 5.82 Å². The molecule has 0 fully saturated rings. The maximum absolute atomic E-state index is 10.7. The third-order valence-corrected chi connectivity index (χ3v) is 3.48. The molecule has 2 N–H and O–H groups in total. The van der Waals surface area contributed by atoms with Crippen molar-refractivity contribution in [3.05, 3.63) is 60.3 Å². The van der Waals surface area contributed by atoms with Crippen LogP contribution in [0.1, 0.15) is 13.3 Å². The zero-order chi connectivity index (χ0) is 17.8. The molecule has 0 radical (unpaired) electrons. The molecule has 1 aromatic carbocycles. The standard InChI is InChI=1S/C17H16N6O2/c1-3-12(9-8-11(2)10-15(24)25)18-16-17-20-21-22-23(17)14-7-5-4-6-13(14)19-16/h3-9H,1,10H2,2H3,(H,18,19)(H,24,25)/b11-8+,12-9+. The van der Waals surface area contributed by atoms with Crippen LogP contribution in [0.15, 0.2) is 60.3 Å². The predicted octanol–water partition coefficient (Wildman–Crippen LogP) is 2.58. The molecule has 0 saturated heterocycles. The summed E-state index contributed by atoms with van der Waals surface area (Å²) in [5, 5.41) is 23.7. The molecule has 25 heavy (non-hydrogen) atoms. The Bertz CT molecular complexity index is 1020. The minimum absolute atomic E-state index is 0.0203. The number of benzene rings is 1. The first-order chi connectivity index (χ1) is 12.1.